The van der Waals surface area contributed by atoms with Gasteiger partial charge in [0.05, 0.1) is 19.8 Å². The molecule has 1 unspecified atom stereocenters. The van der Waals surface area contributed by atoms with Gasteiger partial charge in [0.2, 0.25) is 5.91 Å². The zero-order valence-electron chi connectivity index (χ0n) is 11.6. The van der Waals surface area contributed by atoms with Crippen LogP contribution in [0.25, 0.3) is 0 Å². The fraction of sp³-hybridized carbons (Fsp3) is 0.500. The minimum absolute atomic E-state index is 0. The molecule has 1 fully saturated rings. The van der Waals surface area contributed by atoms with Crippen LogP contribution in [0.3, 0.4) is 0 Å². The van der Waals surface area contributed by atoms with Crippen LogP contribution in [-0.4, -0.2) is 38.3 Å². The summed E-state index contributed by atoms with van der Waals surface area (Å²) in [6, 6.07) is 7.14. The molecule has 5 nitrogen and oxygen atoms in total. The first-order chi connectivity index (χ1) is 9.29. The fourth-order valence-corrected chi connectivity index (χ4v) is 1.85. The summed E-state index contributed by atoms with van der Waals surface area (Å²) in [6.45, 7) is 4.51. The minimum atomic E-state index is -0.283. The van der Waals surface area contributed by atoms with Crippen LogP contribution in [0.1, 0.15) is 13.3 Å². The van der Waals surface area contributed by atoms with Crippen molar-refractivity contribution in [3.8, 4) is 5.75 Å². The molecule has 1 saturated heterocycles. The molecule has 0 spiro atoms. The molecule has 2 rings (SSSR count). The Bertz CT molecular complexity index is 423. The number of carbonyl (C=O) groups excluding carboxylic acids is 1. The van der Waals surface area contributed by atoms with E-state index in [1.165, 1.54) is 0 Å². The van der Waals surface area contributed by atoms with Gasteiger partial charge in [0.1, 0.15) is 11.8 Å². The Morgan fingerprint density at radius 2 is 2.40 bits per heavy atom. The molecular formula is C14H21ClN2O3. The van der Waals surface area contributed by atoms with Crippen molar-refractivity contribution in [2.75, 3.05) is 31.7 Å². The molecule has 1 aliphatic heterocycles. The van der Waals surface area contributed by atoms with Crippen molar-refractivity contribution in [1.29, 1.82) is 0 Å². The number of hydrogen-bond acceptors (Lipinski definition) is 4. The van der Waals surface area contributed by atoms with Gasteiger partial charge >= 0.3 is 0 Å². The van der Waals surface area contributed by atoms with E-state index in [2.05, 4.69) is 17.6 Å². The number of ether oxygens (including phenoxy) is 2. The van der Waals surface area contributed by atoms with Gasteiger partial charge in [0.25, 0.3) is 0 Å². The van der Waals surface area contributed by atoms with E-state index >= 15 is 0 Å². The second kappa shape index (κ2) is 8.79. The van der Waals surface area contributed by atoms with Crippen LogP contribution < -0.4 is 15.4 Å². The number of rotatable bonds is 5. The van der Waals surface area contributed by atoms with E-state index < -0.39 is 0 Å². The lowest BCUT2D eigenvalue weighted by Gasteiger charge is -2.22. The molecule has 0 aliphatic carbocycles. The molecule has 6 heteroatoms. The van der Waals surface area contributed by atoms with Crippen LogP contribution in [0.4, 0.5) is 5.69 Å². The highest BCUT2D eigenvalue weighted by Crippen LogP contribution is 2.17. The average molecular weight is 301 g/mol. The third-order valence-electron chi connectivity index (χ3n) is 2.81. The van der Waals surface area contributed by atoms with Gasteiger partial charge in [-0.2, -0.15) is 0 Å². The second-order valence-corrected chi connectivity index (χ2v) is 4.45. The van der Waals surface area contributed by atoms with Crippen molar-refractivity contribution in [2.45, 2.75) is 19.4 Å². The molecule has 0 bridgehead atoms. The Hall–Kier alpha value is -1.30. The predicted molar refractivity (Wildman–Crippen MR) is 80.7 cm³/mol. The van der Waals surface area contributed by atoms with Gasteiger partial charge in [-0.1, -0.05) is 13.0 Å². The van der Waals surface area contributed by atoms with E-state index in [4.69, 9.17) is 9.47 Å². The normalized spacial score (nSPS) is 17.9. The molecule has 1 aromatic carbocycles. The minimum Gasteiger partial charge on any atom is -0.494 e. The standard InChI is InChI=1S/C14H20N2O3.ClH/c1-2-7-19-12-5-3-4-11(9-12)16-14(17)13-10-18-8-6-15-13;/h3-5,9,13,15H,2,6-8,10H2,1H3,(H,16,17);1H. The van der Waals surface area contributed by atoms with E-state index in [9.17, 15) is 4.79 Å². The van der Waals surface area contributed by atoms with E-state index in [0.717, 1.165) is 17.9 Å². The van der Waals surface area contributed by atoms with Crippen molar-refractivity contribution < 1.29 is 14.3 Å². The molecule has 0 saturated carbocycles. The quantitative estimate of drug-likeness (QED) is 0.871. The predicted octanol–water partition coefficient (Wildman–Crippen LogP) is 1.82. The van der Waals surface area contributed by atoms with Gasteiger partial charge in [0.15, 0.2) is 0 Å². The number of morpholine rings is 1. The summed E-state index contributed by atoms with van der Waals surface area (Å²) < 4.78 is 10.8. The number of hydrogen-bond donors (Lipinski definition) is 2. The first kappa shape index (κ1) is 16.8. The summed E-state index contributed by atoms with van der Waals surface area (Å²) in [5, 5.41) is 5.99. The van der Waals surface area contributed by atoms with Crippen molar-refractivity contribution in [1.82, 2.24) is 5.32 Å². The van der Waals surface area contributed by atoms with Crippen LogP contribution in [0.2, 0.25) is 0 Å². The lowest BCUT2D eigenvalue weighted by Crippen LogP contribution is -2.48. The van der Waals surface area contributed by atoms with Crippen molar-refractivity contribution >= 4 is 24.0 Å². The van der Waals surface area contributed by atoms with Crippen LogP contribution in [-0.2, 0) is 9.53 Å². The van der Waals surface area contributed by atoms with Gasteiger partial charge in [-0.3, -0.25) is 4.79 Å². The summed E-state index contributed by atoms with van der Waals surface area (Å²) in [4.78, 5) is 12.0. The summed E-state index contributed by atoms with van der Waals surface area (Å²) in [5.41, 5.74) is 0.742. The molecule has 112 valence electrons. The van der Waals surface area contributed by atoms with E-state index in [0.29, 0.717) is 26.4 Å². The monoisotopic (exact) mass is 300 g/mol. The van der Waals surface area contributed by atoms with Crippen LogP contribution in [0, 0.1) is 0 Å². The number of benzene rings is 1. The molecule has 20 heavy (non-hydrogen) atoms. The number of halogens is 1. The number of anilines is 1. The van der Waals surface area contributed by atoms with Gasteiger partial charge in [-0.05, 0) is 18.6 Å². The lowest BCUT2D eigenvalue weighted by molar-refractivity contribution is -0.120. The van der Waals surface area contributed by atoms with Crippen LogP contribution in [0.5, 0.6) is 5.75 Å². The van der Waals surface area contributed by atoms with E-state index in [1.807, 2.05) is 24.3 Å². The lowest BCUT2D eigenvalue weighted by atomic mass is 10.2. The Labute approximate surface area is 125 Å². The first-order valence-electron chi connectivity index (χ1n) is 6.64. The maximum absolute atomic E-state index is 12.0. The number of nitrogens with one attached hydrogen (secondary N) is 2. The Morgan fingerprint density at radius 3 is 3.10 bits per heavy atom. The SMILES string of the molecule is CCCOc1cccc(NC(=O)C2COCCN2)c1.Cl. The summed E-state index contributed by atoms with van der Waals surface area (Å²) in [7, 11) is 0. The third kappa shape index (κ3) is 5.00. The largest absolute Gasteiger partial charge is 0.494 e. The first-order valence-corrected chi connectivity index (χ1v) is 6.64. The zero-order valence-corrected chi connectivity index (χ0v) is 12.4. The maximum atomic E-state index is 12.0. The Balaban J connectivity index is 0.00000200. The molecule has 0 aromatic heterocycles. The average Bonchev–Trinajstić information content (AvgIpc) is 2.46. The van der Waals surface area contributed by atoms with Crippen molar-refractivity contribution in [3.05, 3.63) is 24.3 Å². The summed E-state index contributed by atoms with van der Waals surface area (Å²) in [6.07, 6.45) is 0.958. The molecule has 1 amide bonds. The van der Waals surface area contributed by atoms with Crippen molar-refractivity contribution in [2.24, 2.45) is 0 Å². The summed E-state index contributed by atoms with van der Waals surface area (Å²) >= 11 is 0. The molecule has 1 heterocycles. The highest BCUT2D eigenvalue weighted by molar-refractivity contribution is 5.95. The Kier molecular flexibility index (Phi) is 7.36. The maximum Gasteiger partial charge on any atom is 0.243 e. The fourth-order valence-electron chi connectivity index (χ4n) is 1.85. The van der Waals surface area contributed by atoms with E-state index in [-0.39, 0.29) is 24.4 Å². The highest BCUT2D eigenvalue weighted by atomic mass is 35.5. The van der Waals surface area contributed by atoms with Gasteiger partial charge in [-0.25, -0.2) is 0 Å². The van der Waals surface area contributed by atoms with E-state index in [1.54, 1.807) is 0 Å². The molecule has 1 atom stereocenters. The van der Waals surface area contributed by atoms with Crippen LogP contribution >= 0.6 is 12.4 Å². The third-order valence-corrected chi connectivity index (χ3v) is 2.81. The molecule has 2 N–H and O–H groups in total. The molecule has 0 radical (unpaired) electrons. The topological polar surface area (TPSA) is 59.6 Å². The van der Waals surface area contributed by atoms with Gasteiger partial charge < -0.3 is 20.1 Å². The second-order valence-electron chi connectivity index (χ2n) is 4.45. The Morgan fingerprint density at radius 1 is 1.55 bits per heavy atom. The highest BCUT2D eigenvalue weighted by Gasteiger charge is 2.21. The molecule has 1 aliphatic rings. The zero-order chi connectivity index (χ0) is 13.5. The van der Waals surface area contributed by atoms with Gasteiger partial charge in [-0.15, -0.1) is 12.4 Å². The smallest absolute Gasteiger partial charge is 0.243 e. The number of carbonyl (C=O) groups is 1. The van der Waals surface area contributed by atoms with Gasteiger partial charge in [0, 0.05) is 18.3 Å². The molecule has 1 aromatic rings. The van der Waals surface area contributed by atoms with Crippen LogP contribution in [0.15, 0.2) is 24.3 Å². The van der Waals surface area contributed by atoms with Crippen molar-refractivity contribution in [3.63, 3.8) is 0 Å². The summed E-state index contributed by atoms with van der Waals surface area (Å²) in [5.74, 6) is 0.694. The number of amides is 1. The molecular weight excluding hydrogens is 280 g/mol.